The molecule has 4 N–H and O–H groups in total. The van der Waals surface area contributed by atoms with Crippen molar-refractivity contribution in [3.63, 3.8) is 0 Å². The SMILES string of the molecule is NNC(=O)C[C@H]1CC(c2ccccc2)=NN1. The summed E-state index contributed by atoms with van der Waals surface area (Å²) in [5, 5.41) is 4.22. The van der Waals surface area contributed by atoms with Crippen molar-refractivity contribution in [2.75, 3.05) is 0 Å². The third-order valence-electron chi connectivity index (χ3n) is 2.52. The van der Waals surface area contributed by atoms with E-state index >= 15 is 0 Å². The second-order valence-electron chi connectivity index (χ2n) is 3.73. The average Bonchev–Trinajstić information content (AvgIpc) is 2.78. The first-order valence-electron chi connectivity index (χ1n) is 5.16. The molecule has 1 aromatic rings. The van der Waals surface area contributed by atoms with E-state index < -0.39 is 0 Å². The molecule has 1 aliphatic heterocycles. The van der Waals surface area contributed by atoms with Gasteiger partial charge < -0.3 is 5.43 Å². The molecule has 1 heterocycles. The van der Waals surface area contributed by atoms with Crippen molar-refractivity contribution in [3.8, 4) is 0 Å². The molecule has 1 aromatic carbocycles. The van der Waals surface area contributed by atoms with Crippen LogP contribution in [0, 0.1) is 0 Å². The maximum Gasteiger partial charge on any atom is 0.236 e. The number of carbonyl (C=O) groups is 1. The highest BCUT2D eigenvalue weighted by Gasteiger charge is 2.21. The van der Waals surface area contributed by atoms with Gasteiger partial charge in [-0.3, -0.25) is 10.2 Å². The largest absolute Gasteiger partial charge is 0.306 e. The predicted molar refractivity (Wildman–Crippen MR) is 61.5 cm³/mol. The van der Waals surface area contributed by atoms with Gasteiger partial charge in [0.05, 0.1) is 18.2 Å². The van der Waals surface area contributed by atoms with Crippen molar-refractivity contribution in [1.29, 1.82) is 0 Å². The number of hydrazine groups is 1. The molecule has 0 spiro atoms. The standard InChI is InChI=1S/C11H14N4O/c12-13-11(16)7-9-6-10(15-14-9)8-4-2-1-3-5-8/h1-5,9,14H,6-7,12H2,(H,13,16)/t9-/m1/s1. The molecule has 1 aliphatic rings. The van der Waals surface area contributed by atoms with Crippen LogP contribution in [0.5, 0.6) is 0 Å². The van der Waals surface area contributed by atoms with Crippen molar-refractivity contribution in [3.05, 3.63) is 35.9 Å². The number of carbonyl (C=O) groups excluding carboxylic acids is 1. The first kappa shape index (κ1) is 10.6. The summed E-state index contributed by atoms with van der Waals surface area (Å²) in [4.78, 5) is 11.1. The summed E-state index contributed by atoms with van der Waals surface area (Å²) in [6.45, 7) is 0. The fourth-order valence-corrected chi connectivity index (χ4v) is 1.71. The van der Waals surface area contributed by atoms with E-state index in [0.29, 0.717) is 6.42 Å². The summed E-state index contributed by atoms with van der Waals surface area (Å²) < 4.78 is 0. The summed E-state index contributed by atoms with van der Waals surface area (Å²) in [5.41, 5.74) is 7.13. The molecule has 0 radical (unpaired) electrons. The quantitative estimate of drug-likeness (QED) is 0.383. The maximum absolute atomic E-state index is 11.1. The van der Waals surface area contributed by atoms with E-state index in [1.54, 1.807) is 0 Å². The number of rotatable bonds is 3. The Hall–Kier alpha value is -1.88. The van der Waals surface area contributed by atoms with Crippen molar-refractivity contribution in [2.24, 2.45) is 10.9 Å². The van der Waals surface area contributed by atoms with Crippen LogP contribution in [0.3, 0.4) is 0 Å². The zero-order chi connectivity index (χ0) is 11.4. The Kier molecular flexibility index (Phi) is 3.16. The van der Waals surface area contributed by atoms with Crippen molar-refractivity contribution < 1.29 is 4.79 Å². The van der Waals surface area contributed by atoms with Crippen LogP contribution in [0.25, 0.3) is 0 Å². The van der Waals surface area contributed by atoms with Gasteiger partial charge in [-0.05, 0) is 5.56 Å². The van der Waals surface area contributed by atoms with Crippen molar-refractivity contribution in [1.82, 2.24) is 10.9 Å². The Morgan fingerprint density at radius 2 is 2.25 bits per heavy atom. The first-order valence-corrected chi connectivity index (χ1v) is 5.16. The molecule has 0 bridgehead atoms. The molecule has 16 heavy (non-hydrogen) atoms. The summed E-state index contributed by atoms with van der Waals surface area (Å²) >= 11 is 0. The molecule has 5 heteroatoms. The highest BCUT2D eigenvalue weighted by molar-refractivity contribution is 6.02. The zero-order valence-electron chi connectivity index (χ0n) is 8.81. The fourth-order valence-electron chi connectivity index (χ4n) is 1.71. The van der Waals surface area contributed by atoms with Gasteiger partial charge in [0.15, 0.2) is 0 Å². The Morgan fingerprint density at radius 1 is 1.50 bits per heavy atom. The van der Waals surface area contributed by atoms with Crippen molar-refractivity contribution in [2.45, 2.75) is 18.9 Å². The Balaban J connectivity index is 1.95. The number of nitrogens with one attached hydrogen (secondary N) is 2. The molecule has 84 valence electrons. The number of hydrazone groups is 1. The number of nitrogens with zero attached hydrogens (tertiary/aromatic N) is 1. The van der Waals surface area contributed by atoms with Gasteiger partial charge in [-0.15, -0.1) is 0 Å². The number of hydrogen-bond acceptors (Lipinski definition) is 4. The molecule has 2 rings (SSSR count). The first-order chi connectivity index (χ1) is 7.79. The summed E-state index contributed by atoms with van der Waals surface area (Å²) in [6, 6.07) is 9.96. The van der Waals surface area contributed by atoms with E-state index in [2.05, 4.69) is 16.0 Å². The van der Waals surface area contributed by atoms with Crippen LogP contribution < -0.4 is 16.7 Å². The third kappa shape index (κ3) is 2.38. The minimum Gasteiger partial charge on any atom is -0.306 e. The predicted octanol–water partition coefficient (Wildman–Crippen LogP) is 0.133. The molecular weight excluding hydrogens is 204 g/mol. The van der Waals surface area contributed by atoms with Crippen LogP contribution in [-0.4, -0.2) is 17.7 Å². The Bertz CT molecular complexity index is 402. The monoisotopic (exact) mass is 218 g/mol. The molecule has 0 saturated carbocycles. The lowest BCUT2D eigenvalue weighted by Crippen LogP contribution is -2.35. The lowest BCUT2D eigenvalue weighted by atomic mass is 10.0. The van der Waals surface area contributed by atoms with Gasteiger partial charge in [0.25, 0.3) is 0 Å². The van der Waals surface area contributed by atoms with Gasteiger partial charge in [0, 0.05) is 6.42 Å². The van der Waals surface area contributed by atoms with Crippen LogP contribution >= 0.6 is 0 Å². The fraction of sp³-hybridized carbons (Fsp3) is 0.273. The molecule has 0 aliphatic carbocycles. The van der Waals surface area contributed by atoms with E-state index in [-0.39, 0.29) is 11.9 Å². The third-order valence-corrected chi connectivity index (χ3v) is 2.52. The van der Waals surface area contributed by atoms with Crippen LogP contribution in [0.1, 0.15) is 18.4 Å². The Labute approximate surface area is 93.7 Å². The van der Waals surface area contributed by atoms with Crippen LogP contribution in [0.4, 0.5) is 0 Å². The molecule has 1 atom stereocenters. The molecule has 0 saturated heterocycles. The minimum absolute atomic E-state index is 0.0405. The molecule has 0 fully saturated rings. The summed E-state index contributed by atoms with van der Waals surface area (Å²) in [6.07, 6.45) is 1.09. The smallest absolute Gasteiger partial charge is 0.236 e. The van der Waals surface area contributed by atoms with E-state index in [9.17, 15) is 4.79 Å². The van der Waals surface area contributed by atoms with Crippen molar-refractivity contribution >= 4 is 11.6 Å². The second kappa shape index (κ2) is 4.76. The minimum atomic E-state index is -0.179. The summed E-state index contributed by atoms with van der Waals surface area (Å²) in [7, 11) is 0. The highest BCUT2D eigenvalue weighted by Crippen LogP contribution is 2.13. The van der Waals surface area contributed by atoms with E-state index in [1.807, 2.05) is 30.3 Å². The molecular formula is C11H14N4O. The Morgan fingerprint density at radius 3 is 2.94 bits per heavy atom. The topological polar surface area (TPSA) is 79.5 Å². The average molecular weight is 218 g/mol. The van der Waals surface area contributed by atoms with Gasteiger partial charge in [-0.1, -0.05) is 30.3 Å². The maximum atomic E-state index is 11.1. The molecule has 1 amide bonds. The number of nitrogens with two attached hydrogens (primary N) is 1. The zero-order valence-corrected chi connectivity index (χ0v) is 8.81. The number of hydrogen-bond donors (Lipinski definition) is 3. The highest BCUT2D eigenvalue weighted by atomic mass is 16.2. The second-order valence-corrected chi connectivity index (χ2v) is 3.73. The number of amides is 1. The van der Waals surface area contributed by atoms with Crippen LogP contribution in [0.15, 0.2) is 35.4 Å². The van der Waals surface area contributed by atoms with Gasteiger partial charge in [-0.2, -0.15) is 5.10 Å². The molecule has 0 aromatic heterocycles. The van der Waals surface area contributed by atoms with E-state index in [0.717, 1.165) is 17.7 Å². The van der Waals surface area contributed by atoms with Crippen LogP contribution in [-0.2, 0) is 4.79 Å². The number of benzene rings is 1. The molecule has 0 unspecified atom stereocenters. The van der Waals surface area contributed by atoms with Gasteiger partial charge in [0.2, 0.25) is 5.91 Å². The van der Waals surface area contributed by atoms with Gasteiger partial charge in [-0.25, -0.2) is 5.84 Å². The summed E-state index contributed by atoms with van der Waals surface area (Å²) in [5.74, 6) is 4.85. The lowest BCUT2D eigenvalue weighted by Gasteiger charge is -2.07. The van der Waals surface area contributed by atoms with Gasteiger partial charge >= 0.3 is 0 Å². The van der Waals surface area contributed by atoms with Crippen LogP contribution in [0.2, 0.25) is 0 Å². The van der Waals surface area contributed by atoms with E-state index in [1.165, 1.54) is 0 Å². The normalized spacial score (nSPS) is 18.8. The molecule has 5 nitrogen and oxygen atoms in total. The van der Waals surface area contributed by atoms with Gasteiger partial charge in [0.1, 0.15) is 0 Å². The lowest BCUT2D eigenvalue weighted by molar-refractivity contribution is -0.121. The van der Waals surface area contributed by atoms with E-state index in [4.69, 9.17) is 5.84 Å².